The Morgan fingerprint density at radius 3 is 2.11 bits per heavy atom. The van der Waals surface area contributed by atoms with Crippen LogP contribution in [0.1, 0.15) is 83.6 Å². The predicted octanol–water partition coefficient (Wildman–Crippen LogP) is 8.93. The number of nitrogens with zero attached hydrogens (tertiary/aromatic N) is 1. The number of hydrogen-bond acceptors (Lipinski definition) is 5. The Hall–Kier alpha value is -2.01. The lowest BCUT2D eigenvalue weighted by Gasteiger charge is -2.43. The maximum absolute atomic E-state index is 14.8. The number of thiol groups is 2. The van der Waals surface area contributed by atoms with Crippen LogP contribution in [0.25, 0.3) is 22.2 Å². The van der Waals surface area contributed by atoms with Gasteiger partial charge in [0.15, 0.2) is 5.78 Å². The number of fused-ring (bicyclic) bond motifs is 1. The number of rotatable bonds is 15. The summed E-state index contributed by atoms with van der Waals surface area (Å²) in [5.41, 5.74) is 1.75. The van der Waals surface area contributed by atoms with Crippen LogP contribution in [0.4, 0.5) is 17.6 Å². The maximum Gasteiger partial charge on any atom is 0.389 e. The van der Waals surface area contributed by atoms with Gasteiger partial charge in [-0.1, -0.05) is 70.6 Å². The van der Waals surface area contributed by atoms with Gasteiger partial charge in [-0.25, -0.2) is 4.39 Å². The summed E-state index contributed by atoms with van der Waals surface area (Å²) in [6, 6.07) is 14.8. The van der Waals surface area contributed by atoms with Gasteiger partial charge in [0.1, 0.15) is 5.82 Å². The maximum atomic E-state index is 14.8. The Bertz CT molecular complexity index is 1380. The van der Waals surface area contributed by atoms with Gasteiger partial charge in [-0.05, 0) is 60.6 Å². The summed E-state index contributed by atoms with van der Waals surface area (Å²) >= 11 is 8.95. The Balaban J connectivity index is 1.49. The van der Waals surface area contributed by atoms with E-state index in [1.807, 2.05) is 38.1 Å². The standard InChI is InChI=1S/C35H46F4N2O2S2/c1-33(2,27-19-25(36)14-15-26(27)29-18-24-12-8-9-13-28(24)40-29)22-34(43,23-41-20-30(44)32(42)31(45)21-41)16-10-6-4-3-5-7-11-17-35(37,38)39/h8-9,12-15,18-19,30-31,40,43-45H,3-7,10-11,16-17,20-23H2,1-2H3. The highest BCUT2D eigenvalue weighted by molar-refractivity contribution is 7.83. The van der Waals surface area contributed by atoms with E-state index in [0.29, 0.717) is 38.9 Å². The van der Waals surface area contributed by atoms with Crippen molar-refractivity contribution in [3.63, 3.8) is 0 Å². The number of Topliss-reactive ketones (excluding diaryl/α,β-unsaturated/α-hetero) is 1. The monoisotopic (exact) mass is 666 g/mol. The van der Waals surface area contributed by atoms with Gasteiger partial charge in [0.2, 0.25) is 0 Å². The SMILES string of the molecule is CC(C)(CC(O)(CCCCCCCCCC(F)(F)F)CN1CC(S)C(=O)C(S)C1)c1cc(F)ccc1-c1cc2ccccc2[nH]1. The van der Waals surface area contributed by atoms with Crippen molar-refractivity contribution in [2.45, 2.75) is 106 Å². The molecule has 1 aliphatic rings. The van der Waals surface area contributed by atoms with Crippen molar-refractivity contribution in [2.24, 2.45) is 0 Å². The summed E-state index contributed by atoms with van der Waals surface area (Å²) in [7, 11) is 0. The number of halogens is 4. The highest BCUT2D eigenvalue weighted by Crippen LogP contribution is 2.41. The number of aliphatic hydroxyl groups is 1. The lowest BCUT2D eigenvalue weighted by Crippen LogP contribution is -2.55. The minimum absolute atomic E-state index is 0.0141. The number of aromatic amines is 1. The van der Waals surface area contributed by atoms with Crippen LogP contribution in [0.2, 0.25) is 0 Å². The van der Waals surface area contributed by atoms with Gasteiger partial charge in [0.25, 0.3) is 0 Å². The highest BCUT2D eigenvalue weighted by Gasteiger charge is 2.40. The van der Waals surface area contributed by atoms with Crippen molar-refractivity contribution < 1.29 is 27.5 Å². The molecule has 0 amide bonds. The molecule has 45 heavy (non-hydrogen) atoms. The van der Waals surface area contributed by atoms with E-state index in [0.717, 1.165) is 59.8 Å². The quantitative estimate of drug-likeness (QED) is 0.0745. The molecule has 248 valence electrons. The first kappa shape index (κ1) is 35.8. The lowest BCUT2D eigenvalue weighted by molar-refractivity contribution is -0.135. The normalized spacial score (nSPS) is 19.7. The number of carbonyl (C=O) groups is 1. The van der Waals surface area contributed by atoms with E-state index in [2.05, 4.69) is 41.2 Å². The molecule has 2 aromatic carbocycles. The zero-order valence-electron chi connectivity index (χ0n) is 26.2. The van der Waals surface area contributed by atoms with E-state index in [1.54, 1.807) is 12.1 Å². The largest absolute Gasteiger partial charge is 0.389 e. The average molecular weight is 667 g/mol. The molecule has 1 fully saturated rings. The molecule has 4 nitrogen and oxygen atoms in total. The van der Waals surface area contributed by atoms with Crippen molar-refractivity contribution in [3.05, 3.63) is 59.9 Å². The number of piperidine rings is 1. The molecule has 1 saturated heterocycles. The number of unbranched alkanes of at least 4 members (excludes halogenated alkanes) is 6. The van der Waals surface area contributed by atoms with E-state index in [9.17, 15) is 27.5 Å². The molecule has 2 heterocycles. The smallest absolute Gasteiger partial charge is 0.389 e. The molecule has 2 N–H and O–H groups in total. The Morgan fingerprint density at radius 1 is 0.889 bits per heavy atom. The Labute approximate surface area is 275 Å². The van der Waals surface area contributed by atoms with Crippen molar-refractivity contribution in [1.82, 2.24) is 9.88 Å². The van der Waals surface area contributed by atoms with Gasteiger partial charge in [0, 0.05) is 48.2 Å². The third-order valence-corrected chi connectivity index (χ3v) is 9.78. The summed E-state index contributed by atoms with van der Waals surface area (Å²) in [5.74, 6) is -0.359. The molecule has 0 radical (unpaired) electrons. The first-order valence-electron chi connectivity index (χ1n) is 16.0. The molecule has 1 aromatic heterocycles. The molecule has 1 aliphatic heterocycles. The number of benzene rings is 2. The predicted molar refractivity (Wildman–Crippen MR) is 181 cm³/mol. The van der Waals surface area contributed by atoms with Crippen LogP contribution in [0, 0.1) is 5.82 Å². The van der Waals surface area contributed by atoms with Crippen LogP contribution in [0.3, 0.4) is 0 Å². The average Bonchev–Trinajstić information content (AvgIpc) is 3.38. The minimum Gasteiger partial charge on any atom is -0.389 e. The highest BCUT2D eigenvalue weighted by atomic mass is 32.1. The molecule has 3 unspecified atom stereocenters. The number of alkyl halides is 3. The molecule has 3 aromatic rings. The number of hydrogen-bond donors (Lipinski definition) is 4. The van der Waals surface area contributed by atoms with Crippen LogP contribution in [0.5, 0.6) is 0 Å². The molecule has 10 heteroatoms. The van der Waals surface area contributed by atoms with Gasteiger partial charge in [-0.15, -0.1) is 0 Å². The van der Waals surface area contributed by atoms with E-state index in [1.165, 1.54) is 6.07 Å². The molecular weight excluding hydrogens is 621 g/mol. The second kappa shape index (κ2) is 15.3. The van der Waals surface area contributed by atoms with E-state index < -0.39 is 34.1 Å². The molecule has 0 aliphatic carbocycles. The molecule has 4 rings (SSSR count). The summed E-state index contributed by atoms with van der Waals surface area (Å²) in [4.78, 5) is 17.9. The van der Waals surface area contributed by atoms with Crippen molar-refractivity contribution >= 4 is 41.9 Å². The van der Waals surface area contributed by atoms with Gasteiger partial charge in [-0.2, -0.15) is 38.4 Å². The summed E-state index contributed by atoms with van der Waals surface area (Å²) in [6.07, 6.45) is 0.854. The van der Waals surface area contributed by atoms with Gasteiger partial charge >= 0.3 is 6.18 Å². The second-order valence-electron chi connectivity index (χ2n) is 13.5. The topological polar surface area (TPSA) is 56.3 Å². The number of H-pyrrole nitrogens is 1. The first-order chi connectivity index (χ1) is 21.2. The van der Waals surface area contributed by atoms with Crippen LogP contribution in [0.15, 0.2) is 48.5 Å². The number of para-hydroxylation sites is 1. The van der Waals surface area contributed by atoms with Crippen molar-refractivity contribution in [1.29, 1.82) is 0 Å². The summed E-state index contributed by atoms with van der Waals surface area (Å²) in [5, 5.41) is 12.4. The third-order valence-electron chi connectivity index (χ3n) is 8.94. The molecule has 0 bridgehead atoms. The van der Waals surface area contributed by atoms with Crippen molar-refractivity contribution in [2.75, 3.05) is 19.6 Å². The number of aromatic nitrogens is 1. The third kappa shape index (κ3) is 10.2. The first-order valence-corrected chi connectivity index (χ1v) is 17.0. The lowest BCUT2D eigenvalue weighted by atomic mass is 9.71. The molecule has 0 saturated carbocycles. The number of ketones is 1. The Kier molecular flexibility index (Phi) is 12.2. The minimum atomic E-state index is -4.10. The van der Waals surface area contributed by atoms with Gasteiger partial charge in [0.05, 0.1) is 16.1 Å². The van der Waals surface area contributed by atoms with Crippen molar-refractivity contribution in [3.8, 4) is 11.3 Å². The van der Waals surface area contributed by atoms with E-state index >= 15 is 0 Å². The molecular formula is C35H46F4N2O2S2. The number of nitrogens with one attached hydrogen (secondary N) is 1. The molecule has 0 spiro atoms. The summed E-state index contributed by atoms with van der Waals surface area (Å²) in [6.45, 7) is 5.22. The zero-order chi connectivity index (χ0) is 32.8. The Morgan fingerprint density at radius 2 is 1.49 bits per heavy atom. The van der Waals surface area contributed by atoms with Crippen LogP contribution >= 0.6 is 25.3 Å². The summed E-state index contributed by atoms with van der Waals surface area (Å²) < 4.78 is 52.0. The van der Waals surface area contributed by atoms with Crippen LogP contribution in [-0.2, 0) is 10.2 Å². The van der Waals surface area contributed by atoms with Gasteiger partial charge < -0.3 is 10.1 Å². The van der Waals surface area contributed by atoms with E-state index in [4.69, 9.17) is 0 Å². The fourth-order valence-corrected chi connectivity index (χ4v) is 7.78. The fourth-order valence-electron chi connectivity index (χ4n) is 6.85. The number of carbonyl (C=O) groups excluding carboxylic acids is 1. The zero-order valence-corrected chi connectivity index (χ0v) is 28.0. The second-order valence-corrected chi connectivity index (χ2v) is 14.7. The molecule has 3 atom stereocenters. The van der Waals surface area contributed by atoms with Gasteiger partial charge in [-0.3, -0.25) is 9.69 Å². The van der Waals surface area contributed by atoms with Crippen LogP contribution < -0.4 is 0 Å². The van der Waals surface area contributed by atoms with E-state index in [-0.39, 0.29) is 18.0 Å². The number of likely N-dealkylation sites (tertiary alicyclic amines) is 1. The number of β-amino-alcohol motifs (C(OH)–C–C–N with tert-alkyl or cyclic N) is 1. The van der Waals surface area contributed by atoms with Crippen LogP contribution in [-0.4, -0.2) is 62.7 Å². The fraction of sp³-hybridized carbons (Fsp3) is 0.571.